The second-order valence-electron chi connectivity index (χ2n) is 4.19. The van der Waals surface area contributed by atoms with Gasteiger partial charge in [0, 0.05) is 11.7 Å². The molecule has 1 aromatic rings. The molecule has 3 nitrogen and oxygen atoms in total. The Bertz CT molecular complexity index is 394. The molecule has 0 aromatic carbocycles. The van der Waals surface area contributed by atoms with Crippen molar-refractivity contribution >= 4 is 17.5 Å². The van der Waals surface area contributed by atoms with Crippen LogP contribution in [0.4, 0.5) is 0 Å². The lowest BCUT2D eigenvalue weighted by Crippen LogP contribution is -2.38. The Balaban J connectivity index is 2.03. The maximum absolute atomic E-state index is 11.9. The van der Waals surface area contributed by atoms with Gasteiger partial charge in [-0.2, -0.15) is 0 Å². The predicted octanol–water partition coefficient (Wildman–Crippen LogP) is 2.28. The molecule has 0 spiro atoms. The highest BCUT2D eigenvalue weighted by atomic mass is 35.5. The van der Waals surface area contributed by atoms with Gasteiger partial charge < -0.3 is 5.32 Å². The van der Waals surface area contributed by atoms with Crippen molar-refractivity contribution in [3.8, 4) is 0 Å². The highest BCUT2D eigenvalue weighted by Crippen LogP contribution is 2.24. The summed E-state index contributed by atoms with van der Waals surface area (Å²) >= 11 is 6.11. The third-order valence-electron chi connectivity index (χ3n) is 2.87. The molecule has 0 bridgehead atoms. The van der Waals surface area contributed by atoms with Crippen LogP contribution < -0.4 is 5.32 Å². The number of aryl methyl sites for hydroxylation is 1. The van der Waals surface area contributed by atoms with Crippen molar-refractivity contribution in [2.75, 3.05) is 0 Å². The van der Waals surface area contributed by atoms with Gasteiger partial charge >= 0.3 is 0 Å². The maximum Gasteiger partial charge on any atom is 0.270 e. The molecule has 0 saturated heterocycles. The summed E-state index contributed by atoms with van der Waals surface area (Å²) in [6, 6.07) is 5.53. The molecule has 4 heteroatoms. The molecular weight excluding hydrogens is 224 g/mol. The van der Waals surface area contributed by atoms with Crippen LogP contribution in [-0.2, 0) is 0 Å². The second-order valence-corrected chi connectivity index (χ2v) is 4.75. The van der Waals surface area contributed by atoms with E-state index < -0.39 is 0 Å². The van der Waals surface area contributed by atoms with E-state index in [9.17, 15) is 4.79 Å². The van der Waals surface area contributed by atoms with Crippen molar-refractivity contribution in [3.63, 3.8) is 0 Å². The first-order valence-electron chi connectivity index (χ1n) is 5.55. The Labute approximate surface area is 100 Å². The zero-order chi connectivity index (χ0) is 11.5. The lowest BCUT2D eigenvalue weighted by molar-refractivity contribution is 0.0933. The van der Waals surface area contributed by atoms with E-state index in [1.54, 1.807) is 6.07 Å². The van der Waals surface area contributed by atoms with Gasteiger partial charge in [0.05, 0.1) is 5.38 Å². The molecule has 1 saturated carbocycles. The Hall–Kier alpha value is -1.09. The van der Waals surface area contributed by atoms with Crippen LogP contribution in [0, 0.1) is 6.92 Å². The lowest BCUT2D eigenvalue weighted by atomic mass is 10.2. The van der Waals surface area contributed by atoms with Crippen molar-refractivity contribution in [1.82, 2.24) is 10.3 Å². The van der Waals surface area contributed by atoms with Gasteiger partial charge in [-0.1, -0.05) is 6.07 Å². The van der Waals surface area contributed by atoms with Crippen LogP contribution in [-0.4, -0.2) is 22.3 Å². The van der Waals surface area contributed by atoms with E-state index in [1.807, 2.05) is 19.1 Å². The molecule has 16 heavy (non-hydrogen) atoms. The van der Waals surface area contributed by atoms with E-state index in [4.69, 9.17) is 11.6 Å². The first kappa shape index (κ1) is 11.4. The molecule has 1 aromatic heterocycles. The first-order chi connectivity index (χ1) is 7.66. The molecule has 2 unspecified atom stereocenters. The number of pyridine rings is 1. The van der Waals surface area contributed by atoms with Crippen molar-refractivity contribution in [2.45, 2.75) is 37.6 Å². The molecule has 1 aliphatic rings. The minimum Gasteiger partial charge on any atom is -0.346 e. The largest absolute Gasteiger partial charge is 0.346 e. The zero-order valence-corrected chi connectivity index (χ0v) is 10.00. The zero-order valence-electron chi connectivity index (χ0n) is 9.24. The number of halogens is 1. The van der Waals surface area contributed by atoms with E-state index in [2.05, 4.69) is 10.3 Å². The third kappa shape index (κ3) is 2.53. The van der Waals surface area contributed by atoms with E-state index in [0.29, 0.717) is 5.69 Å². The minimum atomic E-state index is -0.124. The second kappa shape index (κ2) is 4.83. The molecule has 1 fully saturated rings. The smallest absolute Gasteiger partial charge is 0.270 e. The highest BCUT2D eigenvalue weighted by molar-refractivity contribution is 6.21. The predicted molar refractivity (Wildman–Crippen MR) is 63.7 cm³/mol. The molecule has 2 atom stereocenters. The summed E-state index contributed by atoms with van der Waals surface area (Å²) in [6.45, 7) is 1.87. The highest BCUT2D eigenvalue weighted by Gasteiger charge is 2.27. The maximum atomic E-state index is 11.9. The summed E-state index contributed by atoms with van der Waals surface area (Å²) in [7, 11) is 0. The van der Waals surface area contributed by atoms with Crippen LogP contribution in [0.25, 0.3) is 0 Å². The number of nitrogens with zero attached hydrogens (tertiary/aromatic N) is 1. The van der Waals surface area contributed by atoms with Gasteiger partial charge in [-0.3, -0.25) is 4.79 Å². The van der Waals surface area contributed by atoms with Gasteiger partial charge in [-0.25, -0.2) is 4.98 Å². The summed E-state index contributed by atoms with van der Waals surface area (Å²) in [5.74, 6) is -0.124. The molecule has 1 N–H and O–H groups in total. The van der Waals surface area contributed by atoms with Crippen molar-refractivity contribution in [3.05, 3.63) is 29.6 Å². The Morgan fingerprint density at radius 1 is 1.50 bits per heavy atom. The summed E-state index contributed by atoms with van der Waals surface area (Å²) < 4.78 is 0. The Morgan fingerprint density at radius 2 is 2.31 bits per heavy atom. The van der Waals surface area contributed by atoms with Gasteiger partial charge in [-0.05, 0) is 38.3 Å². The Kier molecular flexibility index (Phi) is 3.44. The fourth-order valence-electron chi connectivity index (χ4n) is 1.99. The van der Waals surface area contributed by atoms with Crippen molar-refractivity contribution < 1.29 is 4.79 Å². The summed E-state index contributed by atoms with van der Waals surface area (Å²) in [5, 5.41) is 3.00. The molecule has 2 rings (SSSR count). The average molecular weight is 239 g/mol. The molecular formula is C12H15ClN2O. The standard InChI is InChI=1S/C12H15ClN2O/c1-8-4-2-7-11(14-8)12(16)15-10-6-3-5-9(10)13/h2,4,7,9-10H,3,5-6H2,1H3,(H,15,16). The molecule has 0 radical (unpaired) electrons. The molecule has 1 amide bonds. The van der Waals surface area contributed by atoms with Crippen LogP contribution in [0.5, 0.6) is 0 Å². The van der Waals surface area contributed by atoms with E-state index in [1.165, 1.54) is 0 Å². The van der Waals surface area contributed by atoms with Gasteiger partial charge in [0.2, 0.25) is 0 Å². The van der Waals surface area contributed by atoms with Gasteiger partial charge in [0.15, 0.2) is 0 Å². The SMILES string of the molecule is Cc1cccc(C(=O)NC2CCCC2Cl)n1. The first-order valence-corrected chi connectivity index (χ1v) is 5.99. The average Bonchev–Trinajstić information content (AvgIpc) is 2.64. The van der Waals surface area contributed by atoms with Gasteiger partial charge in [0.1, 0.15) is 5.69 Å². The van der Waals surface area contributed by atoms with Crippen LogP contribution in [0.3, 0.4) is 0 Å². The normalized spacial score (nSPS) is 24.4. The number of hydrogen-bond acceptors (Lipinski definition) is 2. The molecule has 86 valence electrons. The summed E-state index contributed by atoms with van der Waals surface area (Å²) in [5.41, 5.74) is 1.32. The van der Waals surface area contributed by atoms with E-state index >= 15 is 0 Å². The van der Waals surface area contributed by atoms with Crippen LogP contribution in [0.15, 0.2) is 18.2 Å². The summed E-state index contributed by atoms with van der Waals surface area (Å²) in [4.78, 5) is 16.1. The fraction of sp³-hybridized carbons (Fsp3) is 0.500. The number of carbonyl (C=O) groups excluding carboxylic acids is 1. The third-order valence-corrected chi connectivity index (χ3v) is 3.39. The number of nitrogens with one attached hydrogen (secondary N) is 1. The van der Waals surface area contributed by atoms with Crippen molar-refractivity contribution in [2.24, 2.45) is 0 Å². The molecule has 1 heterocycles. The van der Waals surface area contributed by atoms with Gasteiger partial charge in [-0.15, -0.1) is 11.6 Å². The number of alkyl halides is 1. The summed E-state index contributed by atoms with van der Waals surface area (Å²) in [6.07, 6.45) is 3.03. The number of aromatic nitrogens is 1. The lowest BCUT2D eigenvalue weighted by Gasteiger charge is -2.15. The van der Waals surface area contributed by atoms with Crippen LogP contribution in [0.2, 0.25) is 0 Å². The van der Waals surface area contributed by atoms with E-state index in [0.717, 1.165) is 25.0 Å². The monoisotopic (exact) mass is 238 g/mol. The minimum absolute atomic E-state index is 0.0637. The number of rotatable bonds is 2. The van der Waals surface area contributed by atoms with Gasteiger partial charge in [0.25, 0.3) is 5.91 Å². The van der Waals surface area contributed by atoms with E-state index in [-0.39, 0.29) is 17.3 Å². The number of hydrogen-bond donors (Lipinski definition) is 1. The number of amides is 1. The van der Waals surface area contributed by atoms with Crippen LogP contribution >= 0.6 is 11.6 Å². The quantitative estimate of drug-likeness (QED) is 0.804. The fourth-order valence-corrected chi connectivity index (χ4v) is 2.33. The molecule has 0 aliphatic heterocycles. The van der Waals surface area contributed by atoms with Crippen LogP contribution in [0.1, 0.15) is 35.4 Å². The Morgan fingerprint density at radius 3 is 2.94 bits per heavy atom. The van der Waals surface area contributed by atoms with Crippen molar-refractivity contribution in [1.29, 1.82) is 0 Å². The topological polar surface area (TPSA) is 42.0 Å². The number of carbonyl (C=O) groups is 1. The molecule has 1 aliphatic carbocycles.